The van der Waals surface area contributed by atoms with Crippen LogP contribution in [0.3, 0.4) is 0 Å². The van der Waals surface area contributed by atoms with Gasteiger partial charge in [0.2, 0.25) is 0 Å². The third-order valence-corrected chi connectivity index (χ3v) is 9.58. The molecule has 6 nitrogen and oxygen atoms in total. The molecule has 1 aliphatic carbocycles. The van der Waals surface area contributed by atoms with E-state index >= 15 is 0 Å². The molecule has 3 aliphatic rings. The van der Waals surface area contributed by atoms with E-state index in [0.29, 0.717) is 6.04 Å². The lowest BCUT2D eigenvalue weighted by atomic mass is 9.89. The Labute approximate surface area is 213 Å². The molecule has 0 aromatic carbocycles. The summed E-state index contributed by atoms with van der Waals surface area (Å²) in [5.74, 6) is 1.99. The highest BCUT2D eigenvalue weighted by molar-refractivity contribution is 7.15. The molecule has 35 heavy (non-hydrogen) atoms. The largest absolute Gasteiger partial charge is 0.357 e. The van der Waals surface area contributed by atoms with Crippen LogP contribution >= 0.6 is 11.3 Å². The minimum absolute atomic E-state index is 0.488. The smallest absolute Gasteiger partial charge is 0.160 e. The summed E-state index contributed by atoms with van der Waals surface area (Å²) < 4.78 is 1.96. The van der Waals surface area contributed by atoms with Crippen LogP contribution in [0.5, 0.6) is 0 Å². The van der Waals surface area contributed by atoms with Gasteiger partial charge in [-0.15, -0.1) is 11.3 Å². The van der Waals surface area contributed by atoms with Gasteiger partial charge in [0.25, 0.3) is 0 Å². The first-order valence-electron chi connectivity index (χ1n) is 14.0. The van der Waals surface area contributed by atoms with Crippen molar-refractivity contribution in [3.63, 3.8) is 0 Å². The fraction of sp³-hybridized carbons (Fsp3) is 0.679. The molecule has 5 heterocycles. The van der Waals surface area contributed by atoms with Gasteiger partial charge in [0.1, 0.15) is 16.5 Å². The van der Waals surface area contributed by atoms with Gasteiger partial charge < -0.3 is 4.90 Å². The van der Waals surface area contributed by atoms with E-state index < -0.39 is 0 Å². The van der Waals surface area contributed by atoms with E-state index in [2.05, 4.69) is 28.1 Å². The molecule has 2 saturated heterocycles. The highest BCUT2D eigenvalue weighted by Gasteiger charge is 2.31. The molecule has 0 bridgehead atoms. The summed E-state index contributed by atoms with van der Waals surface area (Å²) in [5.41, 5.74) is 2.02. The number of aromatic nitrogens is 4. The minimum atomic E-state index is 0.488. The zero-order valence-electron chi connectivity index (χ0n) is 21.3. The Morgan fingerprint density at radius 1 is 0.886 bits per heavy atom. The van der Waals surface area contributed by atoms with E-state index in [0.717, 1.165) is 41.6 Å². The number of pyridine rings is 1. The number of aryl methyl sites for hydroxylation is 1. The molecule has 3 aromatic rings. The molecule has 2 aliphatic heterocycles. The molecule has 1 saturated carbocycles. The summed E-state index contributed by atoms with van der Waals surface area (Å²) >= 11 is 1.85. The predicted molar refractivity (Wildman–Crippen MR) is 145 cm³/mol. The topological polar surface area (TPSA) is 50.1 Å². The number of rotatable bonds is 5. The first kappa shape index (κ1) is 23.4. The third-order valence-electron chi connectivity index (χ3n) is 8.48. The van der Waals surface area contributed by atoms with Gasteiger partial charge >= 0.3 is 0 Å². The Morgan fingerprint density at radius 3 is 2.49 bits per heavy atom. The number of nitrogens with zero attached hydrogens (tertiary/aromatic N) is 6. The van der Waals surface area contributed by atoms with Crippen LogP contribution < -0.4 is 4.90 Å². The van der Waals surface area contributed by atoms with E-state index in [4.69, 9.17) is 15.1 Å². The van der Waals surface area contributed by atoms with Crippen molar-refractivity contribution in [3.05, 3.63) is 23.3 Å². The summed E-state index contributed by atoms with van der Waals surface area (Å²) in [4.78, 5) is 16.4. The second kappa shape index (κ2) is 10.6. The molecule has 6 rings (SSSR count). The summed E-state index contributed by atoms with van der Waals surface area (Å²) in [6.45, 7) is 4.71. The van der Waals surface area contributed by atoms with Crippen LogP contribution in [0, 0.1) is 5.92 Å². The maximum absolute atomic E-state index is 5.08. The molecule has 3 aromatic heterocycles. The van der Waals surface area contributed by atoms with Crippen molar-refractivity contribution < 1.29 is 0 Å². The van der Waals surface area contributed by atoms with Gasteiger partial charge in [-0.25, -0.2) is 14.6 Å². The highest BCUT2D eigenvalue weighted by atomic mass is 32.1. The monoisotopic (exact) mass is 492 g/mol. The summed E-state index contributed by atoms with van der Waals surface area (Å²) in [5, 5.41) is 7.34. The van der Waals surface area contributed by atoms with Crippen molar-refractivity contribution in [2.45, 2.75) is 83.1 Å². The maximum atomic E-state index is 5.08. The Kier molecular flexibility index (Phi) is 7.06. The lowest BCUT2D eigenvalue weighted by molar-refractivity contribution is 0.188. The van der Waals surface area contributed by atoms with E-state index in [9.17, 15) is 0 Å². The Balaban J connectivity index is 1.22. The SMILES string of the molecule is Cn1nc(-c2cnc(C3CCCN3CC3CCCCC3)s2)c2ccc(N3CCCCCCC3)nc21. The van der Waals surface area contributed by atoms with Gasteiger partial charge in [0.15, 0.2) is 5.65 Å². The molecule has 0 amide bonds. The third kappa shape index (κ3) is 4.99. The number of hydrogen-bond acceptors (Lipinski definition) is 6. The van der Waals surface area contributed by atoms with Crippen molar-refractivity contribution in [1.82, 2.24) is 24.6 Å². The number of hydrogen-bond donors (Lipinski definition) is 0. The van der Waals surface area contributed by atoms with Crippen molar-refractivity contribution in [3.8, 4) is 10.6 Å². The molecule has 188 valence electrons. The van der Waals surface area contributed by atoms with Crippen LogP contribution in [0.25, 0.3) is 21.6 Å². The fourth-order valence-corrected chi connectivity index (χ4v) is 7.62. The van der Waals surface area contributed by atoms with Gasteiger partial charge in [0, 0.05) is 38.3 Å². The quantitative estimate of drug-likeness (QED) is 0.403. The Bertz CT molecular complexity index is 1120. The fourth-order valence-electron chi connectivity index (χ4n) is 6.53. The molecule has 0 spiro atoms. The van der Waals surface area contributed by atoms with Gasteiger partial charge in [-0.2, -0.15) is 5.10 Å². The highest BCUT2D eigenvalue weighted by Crippen LogP contribution is 2.40. The Morgan fingerprint density at radius 2 is 1.66 bits per heavy atom. The van der Waals surface area contributed by atoms with Crippen molar-refractivity contribution >= 4 is 28.2 Å². The maximum Gasteiger partial charge on any atom is 0.160 e. The van der Waals surface area contributed by atoms with Crippen molar-refractivity contribution in [2.75, 3.05) is 31.1 Å². The van der Waals surface area contributed by atoms with Crippen LogP contribution in [0.4, 0.5) is 5.82 Å². The molecule has 7 heteroatoms. The molecule has 1 unspecified atom stereocenters. The average Bonchev–Trinajstić information content (AvgIpc) is 3.59. The van der Waals surface area contributed by atoms with Gasteiger partial charge in [-0.3, -0.25) is 4.90 Å². The zero-order valence-corrected chi connectivity index (χ0v) is 22.1. The molecular weight excluding hydrogens is 452 g/mol. The number of anilines is 1. The number of fused-ring (bicyclic) bond motifs is 1. The second-order valence-electron chi connectivity index (χ2n) is 11.0. The van der Waals surface area contributed by atoms with Gasteiger partial charge in [0.05, 0.1) is 10.9 Å². The molecule has 1 atom stereocenters. The van der Waals surface area contributed by atoms with Crippen LogP contribution in [0.15, 0.2) is 18.3 Å². The second-order valence-corrected chi connectivity index (χ2v) is 12.0. The van der Waals surface area contributed by atoms with Gasteiger partial charge in [-0.1, -0.05) is 38.5 Å². The summed E-state index contributed by atoms with van der Waals surface area (Å²) in [6.07, 6.45) is 18.3. The van der Waals surface area contributed by atoms with Crippen LogP contribution in [0.2, 0.25) is 0 Å². The summed E-state index contributed by atoms with van der Waals surface area (Å²) in [7, 11) is 2.03. The van der Waals surface area contributed by atoms with E-state index in [1.54, 1.807) is 0 Å². The first-order valence-corrected chi connectivity index (χ1v) is 14.9. The van der Waals surface area contributed by atoms with Crippen LogP contribution in [-0.2, 0) is 7.05 Å². The molecule has 0 N–H and O–H groups in total. The number of likely N-dealkylation sites (tertiary alicyclic amines) is 1. The van der Waals surface area contributed by atoms with Crippen molar-refractivity contribution in [1.29, 1.82) is 0 Å². The van der Waals surface area contributed by atoms with E-state index in [1.165, 1.54) is 100 Å². The molecule has 0 radical (unpaired) electrons. The number of thiazole rings is 1. The minimum Gasteiger partial charge on any atom is -0.357 e. The normalized spacial score (nSPS) is 23.1. The zero-order chi connectivity index (χ0) is 23.6. The van der Waals surface area contributed by atoms with Crippen LogP contribution in [0.1, 0.15) is 88.1 Å². The molecular formula is C28H40N6S. The van der Waals surface area contributed by atoms with Crippen molar-refractivity contribution in [2.24, 2.45) is 13.0 Å². The molecule has 3 fully saturated rings. The van der Waals surface area contributed by atoms with E-state index in [1.807, 2.05) is 23.1 Å². The van der Waals surface area contributed by atoms with Gasteiger partial charge in [-0.05, 0) is 63.1 Å². The van der Waals surface area contributed by atoms with E-state index in [-0.39, 0.29) is 0 Å². The lowest BCUT2D eigenvalue weighted by Crippen LogP contribution is -2.30. The van der Waals surface area contributed by atoms with Crippen LogP contribution in [-0.4, -0.2) is 50.8 Å². The average molecular weight is 493 g/mol. The Hall–Kier alpha value is -1.99. The lowest BCUT2D eigenvalue weighted by Gasteiger charge is -2.30. The summed E-state index contributed by atoms with van der Waals surface area (Å²) in [6, 6.07) is 4.94. The predicted octanol–water partition coefficient (Wildman–Crippen LogP) is 6.58. The standard InChI is InChI=1S/C28H40N6S/c1-32-27-22(14-15-25(30-27)33-16-8-3-2-4-9-17-33)26(31-32)24-19-29-28(35-24)23-13-10-18-34(23)20-21-11-6-5-7-12-21/h14-15,19,21,23H,2-13,16-18,20H2,1H3. The first-order chi connectivity index (χ1) is 17.3.